The summed E-state index contributed by atoms with van der Waals surface area (Å²) >= 11 is 0. The maximum atomic E-state index is 12.3. The predicted octanol–water partition coefficient (Wildman–Crippen LogP) is 3.28. The molecular weight excluding hydrogens is 494 g/mol. The molecule has 2 heterocycles. The summed E-state index contributed by atoms with van der Waals surface area (Å²) in [4.78, 5) is 16.3. The van der Waals surface area contributed by atoms with Crippen LogP contribution >= 0.6 is 0 Å². The Labute approximate surface area is 229 Å². The Kier molecular flexibility index (Phi) is 9.11. The largest absolute Gasteiger partial charge is 0.484 e. The summed E-state index contributed by atoms with van der Waals surface area (Å²) in [7, 11) is 0. The van der Waals surface area contributed by atoms with Gasteiger partial charge in [0.1, 0.15) is 5.75 Å². The van der Waals surface area contributed by atoms with Crippen LogP contribution in [0.5, 0.6) is 5.75 Å². The first-order valence-electron chi connectivity index (χ1n) is 13.7. The maximum absolute atomic E-state index is 12.3. The lowest BCUT2D eigenvalue weighted by Crippen LogP contribution is -2.42. The van der Waals surface area contributed by atoms with E-state index in [1.165, 1.54) is 10.8 Å². The van der Waals surface area contributed by atoms with Crippen LogP contribution < -0.4 is 4.74 Å². The third-order valence-corrected chi connectivity index (χ3v) is 7.23. The van der Waals surface area contributed by atoms with Gasteiger partial charge in [0.25, 0.3) is 5.91 Å². The summed E-state index contributed by atoms with van der Waals surface area (Å²) in [5.41, 5.74) is 3.30. The average Bonchev–Trinajstić information content (AvgIpc) is 3.29. The lowest BCUT2D eigenvalue weighted by molar-refractivity contribution is -0.137. The molecule has 1 aromatic heterocycles. The van der Waals surface area contributed by atoms with E-state index in [1.807, 2.05) is 48.5 Å². The fourth-order valence-electron chi connectivity index (χ4n) is 5.29. The molecule has 1 aliphatic heterocycles. The third-order valence-electron chi connectivity index (χ3n) is 7.23. The number of aliphatic hydroxyl groups is 2. The number of amides is 1. The first-order chi connectivity index (χ1) is 19.1. The zero-order valence-electron chi connectivity index (χ0n) is 22.2. The Morgan fingerprint density at radius 1 is 0.949 bits per heavy atom. The van der Waals surface area contributed by atoms with Crippen LogP contribution in [0.1, 0.15) is 12.0 Å². The molecule has 0 spiro atoms. The Morgan fingerprint density at radius 2 is 1.59 bits per heavy atom. The van der Waals surface area contributed by atoms with E-state index in [4.69, 9.17) is 9.47 Å². The van der Waals surface area contributed by atoms with Crippen molar-refractivity contribution >= 4 is 27.7 Å². The molecule has 5 rings (SSSR count). The second-order valence-corrected chi connectivity index (χ2v) is 10.0. The molecule has 3 aromatic carbocycles. The first-order valence-corrected chi connectivity index (χ1v) is 13.7. The smallest absolute Gasteiger partial charge is 0.260 e. The van der Waals surface area contributed by atoms with Gasteiger partial charge >= 0.3 is 0 Å². The van der Waals surface area contributed by atoms with Crippen LogP contribution in [0.4, 0.5) is 0 Å². The number of morpholine rings is 1. The fraction of sp³-hybridized carbons (Fsp3) is 0.387. The van der Waals surface area contributed by atoms with Gasteiger partial charge in [-0.3, -0.25) is 9.69 Å². The normalized spacial score (nSPS) is 14.8. The number of carbonyl (C=O) groups excluding carboxylic acids is 1. The summed E-state index contributed by atoms with van der Waals surface area (Å²) in [5.74, 6) is 0.614. The molecule has 1 unspecified atom stereocenters. The van der Waals surface area contributed by atoms with Crippen molar-refractivity contribution in [2.45, 2.75) is 25.6 Å². The SMILES string of the molecule is O=C(COc1ccc(CN(CCCO)CC(O)Cn2c3ccccc3c3ccccc32)cc1)N1CCOCC1. The second-order valence-electron chi connectivity index (χ2n) is 10.0. The van der Waals surface area contributed by atoms with E-state index in [9.17, 15) is 15.0 Å². The number of aromatic nitrogens is 1. The number of para-hydroxylation sites is 2. The Balaban J connectivity index is 1.21. The highest BCUT2D eigenvalue weighted by Gasteiger charge is 2.18. The third kappa shape index (κ3) is 6.78. The maximum Gasteiger partial charge on any atom is 0.260 e. The molecule has 1 amide bonds. The molecule has 0 bridgehead atoms. The zero-order chi connectivity index (χ0) is 27.0. The highest BCUT2D eigenvalue weighted by atomic mass is 16.5. The summed E-state index contributed by atoms with van der Waals surface area (Å²) in [6, 6.07) is 24.3. The summed E-state index contributed by atoms with van der Waals surface area (Å²) in [6.45, 7) is 4.73. The van der Waals surface area contributed by atoms with Gasteiger partial charge in [-0.05, 0) is 36.2 Å². The molecule has 39 heavy (non-hydrogen) atoms. The van der Waals surface area contributed by atoms with E-state index in [2.05, 4.69) is 33.7 Å². The number of fused-ring (bicyclic) bond motifs is 3. The summed E-state index contributed by atoms with van der Waals surface area (Å²) < 4.78 is 13.2. The van der Waals surface area contributed by atoms with Crippen molar-refractivity contribution in [2.75, 3.05) is 52.6 Å². The molecular formula is C31H37N3O5. The molecule has 0 radical (unpaired) electrons. The molecule has 1 saturated heterocycles. The highest BCUT2D eigenvalue weighted by Crippen LogP contribution is 2.29. The number of hydrogen-bond donors (Lipinski definition) is 2. The molecule has 1 aliphatic rings. The second kappa shape index (κ2) is 13.1. The van der Waals surface area contributed by atoms with Crippen molar-refractivity contribution in [3.05, 3.63) is 78.4 Å². The van der Waals surface area contributed by atoms with Crippen molar-refractivity contribution in [1.82, 2.24) is 14.4 Å². The molecule has 1 atom stereocenters. The Hall–Kier alpha value is -3.43. The molecule has 1 fully saturated rings. The van der Waals surface area contributed by atoms with Crippen molar-refractivity contribution in [3.8, 4) is 5.75 Å². The monoisotopic (exact) mass is 531 g/mol. The van der Waals surface area contributed by atoms with Crippen molar-refractivity contribution in [1.29, 1.82) is 0 Å². The van der Waals surface area contributed by atoms with Gasteiger partial charge in [-0.15, -0.1) is 0 Å². The van der Waals surface area contributed by atoms with Crippen molar-refractivity contribution < 1.29 is 24.5 Å². The molecule has 8 nitrogen and oxygen atoms in total. The standard InChI is InChI=1S/C31H37N3O5/c35-17-5-14-32(20-24-10-12-26(13-11-24)39-23-31(37)33-15-18-38-19-16-33)21-25(36)22-34-29-8-3-1-6-27(29)28-7-2-4-9-30(28)34/h1-4,6-13,25,35-36H,5,14-23H2. The van der Waals surface area contributed by atoms with Gasteiger partial charge in [0.05, 0.1) is 25.9 Å². The molecule has 0 saturated carbocycles. The quantitative estimate of drug-likeness (QED) is 0.292. The minimum absolute atomic E-state index is 0.0108. The van der Waals surface area contributed by atoms with Crippen LogP contribution in [-0.2, 0) is 22.6 Å². The zero-order valence-corrected chi connectivity index (χ0v) is 22.2. The molecule has 2 N–H and O–H groups in total. The van der Waals surface area contributed by atoms with Gasteiger partial charge in [0, 0.05) is 61.1 Å². The minimum Gasteiger partial charge on any atom is -0.484 e. The van der Waals surface area contributed by atoms with Crippen LogP contribution in [0.15, 0.2) is 72.8 Å². The first kappa shape index (κ1) is 27.1. The number of carbonyl (C=O) groups is 1. The summed E-state index contributed by atoms with van der Waals surface area (Å²) in [5, 5.41) is 23.0. The minimum atomic E-state index is -0.586. The fourth-order valence-corrected chi connectivity index (χ4v) is 5.29. The molecule has 4 aromatic rings. The van der Waals surface area contributed by atoms with Gasteiger partial charge in [-0.1, -0.05) is 48.5 Å². The molecule has 0 aliphatic carbocycles. The lowest BCUT2D eigenvalue weighted by atomic mass is 10.2. The highest BCUT2D eigenvalue weighted by molar-refractivity contribution is 6.07. The van der Waals surface area contributed by atoms with Crippen LogP contribution in [-0.4, -0.2) is 89.2 Å². The van der Waals surface area contributed by atoms with Crippen LogP contribution in [0.2, 0.25) is 0 Å². The van der Waals surface area contributed by atoms with Crippen molar-refractivity contribution in [3.63, 3.8) is 0 Å². The van der Waals surface area contributed by atoms with Crippen LogP contribution in [0.25, 0.3) is 21.8 Å². The van der Waals surface area contributed by atoms with E-state index in [0.717, 1.165) is 16.6 Å². The van der Waals surface area contributed by atoms with Gasteiger partial charge in [0.2, 0.25) is 0 Å². The topological polar surface area (TPSA) is 87.4 Å². The number of hydrogen-bond acceptors (Lipinski definition) is 6. The van der Waals surface area contributed by atoms with Crippen LogP contribution in [0.3, 0.4) is 0 Å². The van der Waals surface area contributed by atoms with Crippen molar-refractivity contribution in [2.24, 2.45) is 0 Å². The summed E-state index contributed by atoms with van der Waals surface area (Å²) in [6.07, 6.45) is 0.0455. The van der Waals surface area contributed by atoms with Crippen LogP contribution in [0, 0.1) is 0 Å². The Morgan fingerprint density at radius 3 is 2.23 bits per heavy atom. The predicted molar refractivity (Wildman–Crippen MR) is 152 cm³/mol. The van der Waals surface area contributed by atoms with E-state index < -0.39 is 6.10 Å². The molecule has 8 heteroatoms. The van der Waals surface area contributed by atoms with Gasteiger partial charge < -0.3 is 29.2 Å². The van der Waals surface area contributed by atoms with E-state index >= 15 is 0 Å². The number of ether oxygens (including phenoxy) is 2. The number of benzene rings is 3. The number of nitrogens with zero attached hydrogens (tertiary/aromatic N) is 3. The van der Waals surface area contributed by atoms with Gasteiger partial charge in [-0.2, -0.15) is 0 Å². The Bertz CT molecular complexity index is 1310. The van der Waals surface area contributed by atoms with E-state index in [1.54, 1.807) is 4.90 Å². The average molecular weight is 532 g/mol. The van der Waals surface area contributed by atoms with Gasteiger partial charge in [-0.25, -0.2) is 0 Å². The van der Waals surface area contributed by atoms with E-state index in [-0.39, 0.29) is 19.1 Å². The number of rotatable bonds is 12. The lowest BCUT2D eigenvalue weighted by Gasteiger charge is -2.27. The number of aliphatic hydroxyl groups excluding tert-OH is 2. The van der Waals surface area contributed by atoms with E-state index in [0.29, 0.717) is 64.7 Å². The molecule has 206 valence electrons. The van der Waals surface area contributed by atoms with Gasteiger partial charge in [0.15, 0.2) is 6.61 Å².